The van der Waals surface area contributed by atoms with Gasteiger partial charge in [0.1, 0.15) is 16.4 Å². The molecule has 2 N–H and O–H groups in total. The molecule has 1 heterocycles. The van der Waals surface area contributed by atoms with Gasteiger partial charge in [-0.2, -0.15) is 4.31 Å². The zero-order valence-electron chi connectivity index (χ0n) is 12.0. The van der Waals surface area contributed by atoms with E-state index in [1.807, 2.05) is 0 Å². The van der Waals surface area contributed by atoms with Gasteiger partial charge in [0, 0.05) is 25.2 Å². The van der Waals surface area contributed by atoms with E-state index >= 15 is 0 Å². The molecular weight excluding hydrogens is 360 g/mol. The number of sulfonamides is 1. The van der Waals surface area contributed by atoms with Crippen molar-refractivity contribution in [3.8, 4) is 11.5 Å². The Hall–Kier alpha value is -0.830. The van der Waals surface area contributed by atoms with Crippen LogP contribution in [0.25, 0.3) is 0 Å². The molecule has 1 aromatic carbocycles. The molecule has 2 rings (SSSR count). The summed E-state index contributed by atoms with van der Waals surface area (Å²) in [6.45, 7) is 0.804. The van der Waals surface area contributed by atoms with Crippen LogP contribution in [0.1, 0.15) is 12.8 Å². The lowest BCUT2D eigenvalue weighted by molar-refractivity contribution is 0.313. The summed E-state index contributed by atoms with van der Waals surface area (Å²) in [4.78, 5) is 0.117. The van der Waals surface area contributed by atoms with Crippen LogP contribution in [0, 0.1) is 0 Å². The van der Waals surface area contributed by atoms with Crippen molar-refractivity contribution in [1.29, 1.82) is 0 Å². The number of methoxy groups -OCH3 is 2. The number of nitrogens with two attached hydrogens (primary N) is 1. The lowest BCUT2D eigenvalue weighted by Gasteiger charge is -2.30. The number of ether oxygens (including phenoxy) is 2. The minimum absolute atomic E-state index is 0.117. The Kier molecular flexibility index (Phi) is 5.13. The molecule has 0 saturated carbocycles. The molecule has 0 aromatic heterocycles. The van der Waals surface area contributed by atoms with Gasteiger partial charge in [0.05, 0.1) is 18.7 Å². The van der Waals surface area contributed by atoms with Crippen molar-refractivity contribution in [3.63, 3.8) is 0 Å². The van der Waals surface area contributed by atoms with Crippen LogP contribution in [0.2, 0.25) is 0 Å². The summed E-state index contributed by atoms with van der Waals surface area (Å²) in [5.74, 6) is 0.773. The van der Waals surface area contributed by atoms with Gasteiger partial charge in [0.25, 0.3) is 0 Å². The van der Waals surface area contributed by atoms with E-state index < -0.39 is 10.0 Å². The van der Waals surface area contributed by atoms with E-state index in [1.54, 1.807) is 6.07 Å². The quantitative estimate of drug-likeness (QED) is 0.859. The summed E-state index contributed by atoms with van der Waals surface area (Å²) in [6, 6.07) is 2.94. The van der Waals surface area contributed by atoms with Crippen LogP contribution in [-0.4, -0.2) is 46.1 Å². The van der Waals surface area contributed by atoms with Crippen LogP contribution in [0.5, 0.6) is 11.5 Å². The third-order valence-corrected chi connectivity index (χ3v) is 5.98. The lowest BCUT2D eigenvalue weighted by atomic mass is 10.1. The molecule has 1 atom stereocenters. The fraction of sp³-hybridized carbons (Fsp3) is 0.538. The van der Waals surface area contributed by atoms with Gasteiger partial charge in [0.15, 0.2) is 0 Å². The zero-order chi connectivity index (χ0) is 15.6. The van der Waals surface area contributed by atoms with E-state index in [4.69, 9.17) is 15.2 Å². The normalized spacial score (nSPS) is 20.3. The molecule has 1 unspecified atom stereocenters. The first-order chi connectivity index (χ1) is 9.90. The Morgan fingerprint density at radius 1 is 1.29 bits per heavy atom. The molecule has 1 aliphatic heterocycles. The van der Waals surface area contributed by atoms with E-state index in [-0.39, 0.29) is 16.7 Å². The first kappa shape index (κ1) is 16.5. The van der Waals surface area contributed by atoms with E-state index in [0.717, 1.165) is 12.8 Å². The van der Waals surface area contributed by atoms with Gasteiger partial charge < -0.3 is 15.2 Å². The minimum atomic E-state index is -3.64. The highest BCUT2D eigenvalue weighted by Crippen LogP contribution is 2.37. The highest BCUT2D eigenvalue weighted by Gasteiger charge is 2.32. The van der Waals surface area contributed by atoms with Crippen molar-refractivity contribution in [2.45, 2.75) is 23.8 Å². The van der Waals surface area contributed by atoms with Gasteiger partial charge in [-0.25, -0.2) is 8.42 Å². The summed E-state index contributed by atoms with van der Waals surface area (Å²) >= 11 is 3.31. The first-order valence-corrected chi connectivity index (χ1v) is 8.80. The zero-order valence-corrected chi connectivity index (χ0v) is 14.4. The SMILES string of the molecule is COc1cc(OC)c(S(=O)(=O)N2CCCC(N)C2)cc1Br. The maximum atomic E-state index is 12.8. The highest BCUT2D eigenvalue weighted by atomic mass is 79.9. The molecule has 0 spiro atoms. The van der Waals surface area contributed by atoms with Crippen LogP contribution >= 0.6 is 15.9 Å². The molecule has 1 saturated heterocycles. The number of benzene rings is 1. The van der Waals surface area contributed by atoms with Crippen molar-refractivity contribution in [1.82, 2.24) is 4.31 Å². The molecular formula is C13H19BrN2O4S. The average Bonchev–Trinajstić information content (AvgIpc) is 2.47. The van der Waals surface area contributed by atoms with Crippen molar-refractivity contribution in [2.24, 2.45) is 5.73 Å². The maximum absolute atomic E-state index is 12.8. The van der Waals surface area contributed by atoms with Crippen molar-refractivity contribution in [2.75, 3.05) is 27.3 Å². The first-order valence-electron chi connectivity index (χ1n) is 6.57. The molecule has 21 heavy (non-hydrogen) atoms. The van der Waals surface area contributed by atoms with E-state index in [1.165, 1.54) is 24.6 Å². The summed E-state index contributed by atoms with van der Waals surface area (Å²) < 4.78 is 37.9. The Morgan fingerprint density at radius 3 is 2.52 bits per heavy atom. The number of nitrogens with zero attached hydrogens (tertiary/aromatic N) is 1. The number of piperidine rings is 1. The average molecular weight is 379 g/mol. The highest BCUT2D eigenvalue weighted by molar-refractivity contribution is 9.10. The molecule has 0 bridgehead atoms. The Morgan fingerprint density at radius 2 is 1.95 bits per heavy atom. The molecule has 1 fully saturated rings. The van der Waals surface area contributed by atoms with E-state index in [0.29, 0.717) is 23.3 Å². The largest absolute Gasteiger partial charge is 0.495 e. The van der Waals surface area contributed by atoms with Crippen LogP contribution in [-0.2, 0) is 10.0 Å². The molecule has 1 aromatic rings. The lowest BCUT2D eigenvalue weighted by Crippen LogP contribution is -2.45. The van der Waals surface area contributed by atoms with Gasteiger partial charge in [-0.05, 0) is 34.8 Å². The standard InChI is InChI=1S/C13H19BrN2O4S/c1-19-11-7-12(20-2)13(6-10(11)14)21(17,18)16-5-3-4-9(15)8-16/h6-7,9H,3-5,8,15H2,1-2H3. The smallest absolute Gasteiger partial charge is 0.246 e. The van der Waals surface area contributed by atoms with E-state index in [9.17, 15) is 8.42 Å². The van der Waals surface area contributed by atoms with Crippen LogP contribution < -0.4 is 15.2 Å². The van der Waals surface area contributed by atoms with Crippen LogP contribution in [0.15, 0.2) is 21.5 Å². The molecule has 8 heteroatoms. The van der Waals surface area contributed by atoms with Gasteiger partial charge >= 0.3 is 0 Å². The van der Waals surface area contributed by atoms with Crippen molar-refractivity contribution >= 4 is 26.0 Å². The van der Waals surface area contributed by atoms with Gasteiger partial charge in [-0.3, -0.25) is 0 Å². The van der Waals surface area contributed by atoms with Gasteiger partial charge in [-0.15, -0.1) is 0 Å². The van der Waals surface area contributed by atoms with Crippen molar-refractivity contribution < 1.29 is 17.9 Å². The third kappa shape index (κ3) is 3.33. The Labute approximate surface area is 133 Å². The molecule has 118 valence electrons. The summed E-state index contributed by atoms with van der Waals surface area (Å²) in [5, 5.41) is 0. The Bertz CT molecular complexity index is 621. The summed E-state index contributed by atoms with van der Waals surface area (Å²) in [7, 11) is -0.697. The van der Waals surface area contributed by atoms with Crippen LogP contribution in [0.4, 0.5) is 0 Å². The van der Waals surface area contributed by atoms with E-state index in [2.05, 4.69) is 15.9 Å². The number of hydrogen-bond acceptors (Lipinski definition) is 5. The fourth-order valence-corrected chi connectivity index (χ4v) is 4.72. The minimum Gasteiger partial charge on any atom is -0.495 e. The fourth-order valence-electron chi connectivity index (χ4n) is 2.37. The number of rotatable bonds is 4. The second kappa shape index (κ2) is 6.51. The van der Waals surface area contributed by atoms with Crippen LogP contribution in [0.3, 0.4) is 0 Å². The molecule has 0 radical (unpaired) electrons. The topological polar surface area (TPSA) is 81.9 Å². The molecule has 0 amide bonds. The predicted octanol–water partition coefficient (Wildman–Crippen LogP) is 1.58. The number of halogens is 1. The molecule has 1 aliphatic rings. The molecule has 0 aliphatic carbocycles. The third-order valence-electron chi connectivity index (χ3n) is 3.48. The molecule has 6 nitrogen and oxygen atoms in total. The summed E-state index contributed by atoms with van der Waals surface area (Å²) in [6.07, 6.45) is 1.61. The Balaban J connectivity index is 2.46. The second-order valence-electron chi connectivity index (χ2n) is 4.90. The van der Waals surface area contributed by atoms with Gasteiger partial charge in [-0.1, -0.05) is 0 Å². The maximum Gasteiger partial charge on any atom is 0.246 e. The predicted molar refractivity (Wildman–Crippen MR) is 83.2 cm³/mol. The van der Waals surface area contributed by atoms with Crippen molar-refractivity contribution in [3.05, 3.63) is 16.6 Å². The van der Waals surface area contributed by atoms with Gasteiger partial charge in [0.2, 0.25) is 10.0 Å². The number of hydrogen-bond donors (Lipinski definition) is 1. The monoisotopic (exact) mass is 378 g/mol. The second-order valence-corrected chi connectivity index (χ2v) is 7.66. The summed E-state index contributed by atoms with van der Waals surface area (Å²) in [5.41, 5.74) is 5.88.